The van der Waals surface area contributed by atoms with Crippen LogP contribution in [0.15, 0.2) is 21.8 Å². The van der Waals surface area contributed by atoms with E-state index in [1.165, 1.54) is 6.20 Å². The van der Waals surface area contributed by atoms with Crippen LogP contribution in [0.1, 0.15) is 13.3 Å². The third-order valence-corrected chi connectivity index (χ3v) is 2.78. The predicted molar refractivity (Wildman–Crippen MR) is 70.2 cm³/mol. The van der Waals surface area contributed by atoms with Crippen molar-refractivity contribution in [1.82, 2.24) is 14.9 Å². The van der Waals surface area contributed by atoms with Crippen molar-refractivity contribution >= 4 is 15.9 Å². The van der Waals surface area contributed by atoms with E-state index in [0.29, 0.717) is 11.0 Å². The largest absolute Gasteiger partial charge is 0.382 e. The van der Waals surface area contributed by atoms with Crippen molar-refractivity contribution in [2.75, 3.05) is 26.3 Å². The van der Waals surface area contributed by atoms with Gasteiger partial charge in [-0.05, 0) is 35.8 Å². The first-order chi connectivity index (χ1) is 8.25. The summed E-state index contributed by atoms with van der Waals surface area (Å²) in [5.41, 5.74) is -0.0453. The van der Waals surface area contributed by atoms with Crippen LogP contribution >= 0.6 is 15.9 Å². The Kier molecular flexibility index (Phi) is 7.07. The fraction of sp³-hybridized carbons (Fsp3) is 0.636. The monoisotopic (exact) mass is 303 g/mol. The summed E-state index contributed by atoms with van der Waals surface area (Å²) in [4.78, 5) is 15.6. The molecule has 0 radical (unpaired) electrons. The molecule has 0 aliphatic heterocycles. The van der Waals surface area contributed by atoms with Gasteiger partial charge in [-0.3, -0.25) is 9.36 Å². The smallest absolute Gasteiger partial charge is 0.267 e. The van der Waals surface area contributed by atoms with Gasteiger partial charge in [0.05, 0.1) is 6.33 Å². The minimum Gasteiger partial charge on any atom is -0.382 e. The van der Waals surface area contributed by atoms with Crippen LogP contribution in [0.5, 0.6) is 0 Å². The molecule has 5 nitrogen and oxygen atoms in total. The van der Waals surface area contributed by atoms with Crippen molar-refractivity contribution in [3.05, 3.63) is 27.4 Å². The van der Waals surface area contributed by atoms with Crippen LogP contribution in [0.4, 0.5) is 0 Å². The Morgan fingerprint density at radius 2 is 2.35 bits per heavy atom. The molecule has 0 spiro atoms. The zero-order valence-electron chi connectivity index (χ0n) is 9.99. The molecule has 0 amide bonds. The summed E-state index contributed by atoms with van der Waals surface area (Å²) in [5.74, 6) is 0. The number of nitrogens with zero attached hydrogens (tertiary/aromatic N) is 2. The molecular weight excluding hydrogens is 286 g/mol. The Morgan fingerprint density at radius 3 is 3.12 bits per heavy atom. The van der Waals surface area contributed by atoms with Gasteiger partial charge in [-0.1, -0.05) is 0 Å². The zero-order chi connectivity index (χ0) is 12.5. The quantitative estimate of drug-likeness (QED) is 0.729. The molecule has 0 unspecified atom stereocenters. The highest BCUT2D eigenvalue weighted by molar-refractivity contribution is 9.10. The van der Waals surface area contributed by atoms with Crippen molar-refractivity contribution < 1.29 is 4.74 Å². The van der Waals surface area contributed by atoms with E-state index in [-0.39, 0.29) is 5.56 Å². The van der Waals surface area contributed by atoms with Crippen molar-refractivity contribution in [2.24, 2.45) is 0 Å². The molecular formula is C11H18BrN3O2. The number of ether oxygens (including phenoxy) is 1. The summed E-state index contributed by atoms with van der Waals surface area (Å²) in [6.07, 6.45) is 4.04. The first kappa shape index (κ1) is 14.3. The SMILES string of the molecule is CCOCCCNCCn1cncc(Br)c1=O. The zero-order valence-corrected chi connectivity index (χ0v) is 11.6. The highest BCUT2D eigenvalue weighted by atomic mass is 79.9. The Morgan fingerprint density at radius 1 is 1.53 bits per heavy atom. The average molecular weight is 304 g/mol. The van der Waals surface area contributed by atoms with E-state index in [1.54, 1.807) is 10.9 Å². The maximum absolute atomic E-state index is 11.6. The molecule has 0 aromatic carbocycles. The van der Waals surface area contributed by atoms with Crippen molar-refractivity contribution in [3.63, 3.8) is 0 Å². The van der Waals surface area contributed by atoms with Gasteiger partial charge in [0.15, 0.2) is 0 Å². The second kappa shape index (κ2) is 8.38. The van der Waals surface area contributed by atoms with Gasteiger partial charge >= 0.3 is 0 Å². The molecule has 17 heavy (non-hydrogen) atoms. The maximum Gasteiger partial charge on any atom is 0.267 e. The van der Waals surface area contributed by atoms with Gasteiger partial charge in [-0.15, -0.1) is 0 Å². The Labute approximate surface area is 109 Å². The lowest BCUT2D eigenvalue weighted by Gasteiger charge is -2.07. The highest BCUT2D eigenvalue weighted by Gasteiger charge is 1.99. The van der Waals surface area contributed by atoms with Gasteiger partial charge in [-0.25, -0.2) is 4.98 Å². The van der Waals surface area contributed by atoms with E-state index in [0.717, 1.165) is 32.7 Å². The second-order valence-corrected chi connectivity index (χ2v) is 4.39. The maximum atomic E-state index is 11.6. The van der Waals surface area contributed by atoms with Crippen molar-refractivity contribution in [3.8, 4) is 0 Å². The molecule has 96 valence electrons. The summed E-state index contributed by atoms with van der Waals surface area (Å²) >= 11 is 3.16. The van der Waals surface area contributed by atoms with Crippen LogP contribution in [0.2, 0.25) is 0 Å². The van der Waals surface area contributed by atoms with Gasteiger partial charge in [0, 0.05) is 32.5 Å². The molecule has 1 aromatic rings. The summed E-state index contributed by atoms with van der Waals surface area (Å²) in [5, 5.41) is 3.26. The molecule has 0 bridgehead atoms. The number of hydrogen-bond donors (Lipinski definition) is 1. The predicted octanol–water partition coefficient (Wildman–Crippen LogP) is 1.02. The van der Waals surface area contributed by atoms with Gasteiger partial charge in [0.2, 0.25) is 0 Å². The lowest BCUT2D eigenvalue weighted by Crippen LogP contribution is -2.28. The fourth-order valence-corrected chi connectivity index (χ4v) is 1.70. The molecule has 0 atom stereocenters. The lowest BCUT2D eigenvalue weighted by molar-refractivity contribution is 0.145. The Balaban J connectivity index is 2.18. The van der Waals surface area contributed by atoms with Crippen LogP contribution in [0.25, 0.3) is 0 Å². The van der Waals surface area contributed by atoms with E-state index < -0.39 is 0 Å². The van der Waals surface area contributed by atoms with E-state index >= 15 is 0 Å². The van der Waals surface area contributed by atoms with E-state index in [9.17, 15) is 4.79 Å². The molecule has 1 rings (SSSR count). The van der Waals surface area contributed by atoms with Crippen LogP contribution in [-0.2, 0) is 11.3 Å². The summed E-state index contributed by atoms with van der Waals surface area (Å²) < 4.78 is 7.30. The van der Waals surface area contributed by atoms with Crippen LogP contribution in [0.3, 0.4) is 0 Å². The van der Waals surface area contributed by atoms with Gasteiger partial charge < -0.3 is 10.1 Å². The topological polar surface area (TPSA) is 56.1 Å². The van der Waals surface area contributed by atoms with E-state index in [4.69, 9.17) is 4.74 Å². The third kappa shape index (κ3) is 5.43. The highest BCUT2D eigenvalue weighted by Crippen LogP contribution is 1.97. The molecule has 6 heteroatoms. The fourth-order valence-electron chi connectivity index (χ4n) is 1.35. The second-order valence-electron chi connectivity index (χ2n) is 3.54. The minimum atomic E-state index is -0.0453. The molecule has 0 saturated carbocycles. The van der Waals surface area contributed by atoms with Gasteiger partial charge in [0.25, 0.3) is 5.56 Å². The summed E-state index contributed by atoms with van der Waals surface area (Å²) in [6.45, 7) is 5.81. The lowest BCUT2D eigenvalue weighted by atomic mass is 10.4. The number of rotatable bonds is 8. The van der Waals surface area contributed by atoms with Crippen LogP contribution in [-0.4, -0.2) is 35.9 Å². The molecule has 0 saturated heterocycles. The normalized spacial score (nSPS) is 10.7. The van der Waals surface area contributed by atoms with E-state index in [2.05, 4.69) is 26.2 Å². The van der Waals surface area contributed by atoms with E-state index in [1.807, 2.05) is 6.92 Å². The molecule has 1 N–H and O–H groups in total. The molecule has 0 aliphatic carbocycles. The Hall–Kier alpha value is -0.720. The summed E-state index contributed by atoms with van der Waals surface area (Å²) in [6, 6.07) is 0. The van der Waals surface area contributed by atoms with Crippen LogP contribution < -0.4 is 10.9 Å². The third-order valence-electron chi connectivity index (χ3n) is 2.23. The van der Waals surface area contributed by atoms with Crippen molar-refractivity contribution in [2.45, 2.75) is 19.9 Å². The first-order valence-corrected chi connectivity index (χ1v) is 6.53. The number of hydrogen-bond acceptors (Lipinski definition) is 4. The summed E-state index contributed by atoms with van der Waals surface area (Å²) in [7, 11) is 0. The number of nitrogens with one attached hydrogen (secondary N) is 1. The molecule has 0 aliphatic rings. The Bertz CT molecular complexity index is 381. The number of halogens is 1. The van der Waals surface area contributed by atoms with Gasteiger partial charge in [-0.2, -0.15) is 0 Å². The standard InChI is InChI=1S/C11H18BrN3O2/c1-2-17-7-3-4-13-5-6-15-9-14-8-10(12)11(15)16/h8-9,13H,2-7H2,1H3. The van der Waals surface area contributed by atoms with Crippen LogP contribution in [0, 0.1) is 0 Å². The van der Waals surface area contributed by atoms with Gasteiger partial charge in [0.1, 0.15) is 4.47 Å². The molecule has 1 heterocycles. The number of aromatic nitrogens is 2. The average Bonchev–Trinajstić information content (AvgIpc) is 2.33. The minimum absolute atomic E-state index is 0.0453. The first-order valence-electron chi connectivity index (χ1n) is 5.74. The molecule has 1 aromatic heterocycles. The van der Waals surface area contributed by atoms with Crippen molar-refractivity contribution in [1.29, 1.82) is 0 Å². The molecule has 0 fully saturated rings.